The van der Waals surface area contributed by atoms with Gasteiger partial charge in [0.2, 0.25) is 10.0 Å². The first-order valence-electron chi connectivity index (χ1n) is 7.21. The van der Waals surface area contributed by atoms with Crippen molar-refractivity contribution in [2.45, 2.75) is 50.2 Å². The SMILES string of the molecule is NS(=O)(=O)C1CCN(CC23CCC(CC2)C3)CC1. The van der Waals surface area contributed by atoms with Crippen LogP contribution in [0.2, 0.25) is 0 Å². The van der Waals surface area contributed by atoms with Gasteiger partial charge in [-0.3, -0.25) is 0 Å². The maximum Gasteiger partial charge on any atom is 0.212 e. The second-order valence-electron chi connectivity index (χ2n) is 6.71. The average molecular weight is 272 g/mol. The molecule has 3 fully saturated rings. The van der Waals surface area contributed by atoms with Gasteiger partial charge >= 0.3 is 0 Å². The standard InChI is InChI=1S/C13H24N2O2S/c14-18(16,17)12-3-7-15(8-4-12)10-13-5-1-11(9-13)2-6-13/h11-12H,1-10H2,(H2,14,16,17). The highest BCUT2D eigenvalue weighted by Crippen LogP contribution is 2.54. The number of likely N-dealkylation sites (tertiary alicyclic amines) is 1. The van der Waals surface area contributed by atoms with E-state index in [4.69, 9.17) is 5.14 Å². The summed E-state index contributed by atoms with van der Waals surface area (Å²) in [6, 6.07) is 0. The van der Waals surface area contributed by atoms with E-state index in [0.29, 0.717) is 5.41 Å². The van der Waals surface area contributed by atoms with E-state index in [2.05, 4.69) is 4.90 Å². The van der Waals surface area contributed by atoms with Gasteiger partial charge in [0.05, 0.1) is 5.25 Å². The van der Waals surface area contributed by atoms with Crippen LogP contribution in [0, 0.1) is 11.3 Å². The molecular formula is C13H24N2O2S. The number of hydrogen-bond acceptors (Lipinski definition) is 3. The van der Waals surface area contributed by atoms with E-state index in [1.54, 1.807) is 0 Å². The van der Waals surface area contributed by atoms with Crippen molar-refractivity contribution < 1.29 is 8.42 Å². The molecule has 0 radical (unpaired) electrons. The van der Waals surface area contributed by atoms with Gasteiger partial charge in [0.15, 0.2) is 0 Å². The molecule has 4 nitrogen and oxygen atoms in total. The number of nitrogens with two attached hydrogens (primary N) is 1. The summed E-state index contributed by atoms with van der Waals surface area (Å²) < 4.78 is 22.6. The summed E-state index contributed by atoms with van der Waals surface area (Å²) >= 11 is 0. The monoisotopic (exact) mass is 272 g/mol. The molecule has 1 aliphatic heterocycles. The topological polar surface area (TPSA) is 63.4 Å². The van der Waals surface area contributed by atoms with Crippen LogP contribution >= 0.6 is 0 Å². The Bertz CT molecular complexity index is 405. The third-order valence-electron chi connectivity index (χ3n) is 5.45. The van der Waals surface area contributed by atoms with Crippen LogP contribution in [0.15, 0.2) is 0 Å². The van der Waals surface area contributed by atoms with Gasteiger partial charge < -0.3 is 4.90 Å². The fourth-order valence-electron chi connectivity index (χ4n) is 4.40. The molecular weight excluding hydrogens is 248 g/mol. The highest BCUT2D eigenvalue weighted by Gasteiger charge is 2.45. The second kappa shape index (κ2) is 4.46. The van der Waals surface area contributed by atoms with E-state index in [1.165, 1.54) is 38.6 Å². The van der Waals surface area contributed by atoms with Crippen molar-refractivity contribution in [3.63, 3.8) is 0 Å². The Morgan fingerprint density at radius 3 is 2.17 bits per heavy atom. The van der Waals surface area contributed by atoms with Crippen molar-refractivity contribution in [3.05, 3.63) is 0 Å². The Balaban J connectivity index is 1.54. The van der Waals surface area contributed by atoms with Gasteiger partial charge in [-0.2, -0.15) is 0 Å². The van der Waals surface area contributed by atoms with Crippen molar-refractivity contribution in [1.82, 2.24) is 4.90 Å². The molecule has 0 aromatic rings. The number of hydrogen-bond donors (Lipinski definition) is 1. The van der Waals surface area contributed by atoms with E-state index >= 15 is 0 Å². The lowest BCUT2D eigenvalue weighted by Gasteiger charge is -2.37. The summed E-state index contributed by atoms with van der Waals surface area (Å²) in [5.41, 5.74) is 0.582. The number of sulfonamides is 1. The molecule has 3 aliphatic rings. The van der Waals surface area contributed by atoms with Crippen LogP contribution in [0.4, 0.5) is 0 Å². The molecule has 104 valence electrons. The summed E-state index contributed by atoms with van der Waals surface area (Å²) in [6.45, 7) is 3.02. The molecule has 0 aromatic carbocycles. The van der Waals surface area contributed by atoms with Crippen LogP contribution in [-0.2, 0) is 10.0 Å². The van der Waals surface area contributed by atoms with Crippen LogP contribution in [0.1, 0.15) is 44.9 Å². The number of fused-ring (bicyclic) bond motifs is 2. The maximum absolute atomic E-state index is 11.3. The predicted octanol–water partition coefficient (Wildman–Crippen LogP) is 1.32. The first-order valence-corrected chi connectivity index (χ1v) is 8.82. The summed E-state index contributed by atoms with van der Waals surface area (Å²) in [5, 5.41) is 4.93. The van der Waals surface area contributed by atoms with Crippen molar-refractivity contribution in [1.29, 1.82) is 0 Å². The molecule has 0 atom stereocenters. The molecule has 3 rings (SSSR count). The van der Waals surface area contributed by atoms with Crippen molar-refractivity contribution >= 4 is 10.0 Å². The van der Waals surface area contributed by atoms with Gasteiger partial charge in [-0.25, -0.2) is 13.6 Å². The summed E-state index contributed by atoms with van der Waals surface area (Å²) in [6.07, 6.45) is 8.50. The van der Waals surface area contributed by atoms with E-state index < -0.39 is 10.0 Å². The zero-order valence-electron chi connectivity index (χ0n) is 11.0. The fraction of sp³-hybridized carbons (Fsp3) is 1.00. The Morgan fingerprint density at radius 1 is 1.11 bits per heavy atom. The summed E-state index contributed by atoms with van der Waals surface area (Å²) in [5.74, 6) is 0.993. The van der Waals surface area contributed by atoms with Gasteiger partial charge in [0.25, 0.3) is 0 Å². The number of nitrogens with zero attached hydrogens (tertiary/aromatic N) is 1. The minimum absolute atomic E-state index is 0.300. The number of primary sulfonamides is 1. The minimum Gasteiger partial charge on any atom is -0.303 e. The summed E-state index contributed by atoms with van der Waals surface area (Å²) in [4.78, 5) is 2.48. The minimum atomic E-state index is -3.32. The largest absolute Gasteiger partial charge is 0.303 e. The van der Waals surface area contributed by atoms with E-state index in [1.807, 2.05) is 0 Å². The fourth-order valence-corrected chi connectivity index (χ4v) is 5.27. The molecule has 0 amide bonds. The zero-order chi connectivity index (χ0) is 12.8. The molecule has 1 saturated heterocycles. The number of rotatable bonds is 3. The van der Waals surface area contributed by atoms with Crippen molar-refractivity contribution in [2.24, 2.45) is 16.5 Å². The Kier molecular flexibility index (Phi) is 3.19. The normalized spacial score (nSPS) is 38.4. The molecule has 2 N–H and O–H groups in total. The molecule has 0 spiro atoms. The van der Waals surface area contributed by atoms with Crippen molar-refractivity contribution in [2.75, 3.05) is 19.6 Å². The molecule has 2 aliphatic carbocycles. The van der Waals surface area contributed by atoms with E-state index in [9.17, 15) is 8.42 Å². The summed E-state index contributed by atoms with van der Waals surface area (Å²) in [7, 11) is -3.32. The Hall–Kier alpha value is -0.130. The van der Waals surface area contributed by atoms with Gasteiger partial charge in [-0.05, 0) is 69.4 Å². The second-order valence-corrected chi connectivity index (χ2v) is 8.56. The molecule has 0 unspecified atom stereocenters. The molecule has 5 heteroatoms. The Labute approximate surface area is 110 Å². The van der Waals surface area contributed by atoms with Crippen LogP contribution in [0.25, 0.3) is 0 Å². The smallest absolute Gasteiger partial charge is 0.212 e. The van der Waals surface area contributed by atoms with Crippen molar-refractivity contribution in [3.8, 4) is 0 Å². The molecule has 1 heterocycles. The van der Waals surface area contributed by atoms with Crippen LogP contribution < -0.4 is 5.14 Å². The third-order valence-corrected chi connectivity index (χ3v) is 6.85. The number of piperidine rings is 1. The first kappa shape index (κ1) is 12.9. The van der Waals surface area contributed by atoms with Gasteiger partial charge in [0.1, 0.15) is 0 Å². The predicted molar refractivity (Wildman–Crippen MR) is 71.6 cm³/mol. The third kappa shape index (κ3) is 2.45. The maximum atomic E-state index is 11.3. The Morgan fingerprint density at radius 2 is 1.72 bits per heavy atom. The molecule has 2 bridgehead atoms. The first-order chi connectivity index (χ1) is 8.47. The highest BCUT2D eigenvalue weighted by molar-refractivity contribution is 7.89. The van der Waals surface area contributed by atoms with Crippen LogP contribution in [0.3, 0.4) is 0 Å². The average Bonchev–Trinajstić information content (AvgIpc) is 2.88. The lowest BCUT2D eigenvalue weighted by molar-refractivity contribution is 0.134. The lowest BCUT2D eigenvalue weighted by Crippen LogP contribution is -2.45. The van der Waals surface area contributed by atoms with E-state index in [-0.39, 0.29) is 5.25 Å². The van der Waals surface area contributed by atoms with Gasteiger partial charge in [-0.15, -0.1) is 0 Å². The molecule has 2 saturated carbocycles. The quantitative estimate of drug-likeness (QED) is 0.843. The van der Waals surface area contributed by atoms with Gasteiger partial charge in [-0.1, -0.05) is 0 Å². The lowest BCUT2D eigenvalue weighted by atomic mass is 9.83. The zero-order valence-corrected chi connectivity index (χ0v) is 11.8. The molecule has 0 aromatic heterocycles. The van der Waals surface area contributed by atoms with Crippen LogP contribution in [0.5, 0.6) is 0 Å². The van der Waals surface area contributed by atoms with Gasteiger partial charge in [0, 0.05) is 6.54 Å². The van der Waals surface area contributed by atoms with E-state index in [0.717, 1.165) is 31.8 Å². The molecule has 18 heavy (non-hydrogen) atoms. The van der Waals surface area contributed by atoms with Crippen LogP contribution in [-0.4, -0.2) is 38.2 Å². The highest BCUT2D eigenvalue weighted by atomic mass is 32.2.